The van der Waals surface area contributed by atoms with E-state index in [-0.39, 0.29) is 24.7 Å². The van der Waals surface area contributed by atoms with Crippen LogP contribution in [-0.4, -0.2) is 40.0 Å². The van der Waals surface area contributed by atoms with E-state index in [1.807, 2.05) is 41.5 Å². The zero-order valence-electron chi connectivity index (χ0n) is 15.4. The van der Waals surface area contributed by atoms with Crippen LogP contribution in [0.15, 0.2) is 29.6 Å². The summed E-state index contributed by atoms with van der Waals surface area (Å²) in [7, 11) is 0. The number of amides is 1. The number of aryl methyl sites for hydroxylation is 1. The summed E-state index contributed by atoms with van der Waals surface area (Å²) in [6.45, 7) is 3.68. The van der Waals surface area contributed by atoms with Crippen LogP contribution in [0.4, 0.5) is 0 Å². The van der Waals surface area contributed by atoms with Crippen molar-refractivity contribution >= 4 is 23.2 Å². The molecular weight excluding hydrogens is 364 g/mol. The first-order chi connectivity index (χ1) is 13.0. The number of carbonyl (C=O) groups excluding carboxylic acids is 1. The number of likely N-dealkylation sites (tertiary alicyclic amines) is 1. The van der Waals surface area contributed by atoms with Gasteiger partial charge in [0.1, 0.15) is 17.4 Å². The molecule has 1 N–H and O–H groups in total. The van der Waals surface area contributed by atoms with E-state index in [1.54, 1.807) is 0 Å². The van der Waals surface area contributed by atoms with E-state index in [4.69, 9.17) is 9.84 Å². The van der Waals surface area contributed by atoms with Crippen LogP contribution < -0.4 is 4.74 Å². The molecule has 1 aliphatic rings. The summed E-state index contributed by atoms with van der Waals surface area (Å²) in [6, 6.07) is 7.87. The Morgan fingerprint density at radius 2 is 1.96 bits per heavy atom. The van der Waals surface area contributed by atoms with Crippen LogP contribution in [0, 0.1) is 12.8 Å². The predicted molar refractivity (Wildman–Crippen MR) is 103 cm³/mol. The summed E-state index contributed by atoms with van der Waals surface area (Å²) in [5.41, 5.74) is 1.95. The molecule has 0 saturated carbocycles. The Morgan fingerprint density at radius 1 is 1.26 bits per heavy atom. The van der Waals surface area contributed by atoms with Crippen molar-refractivity contribution in [2.75, 3.05) is 13.1 Å². The van der Waals surface area contributed by atoms with Crippen LogP contribution in [0.2, 0.25) is 0 Å². The monoisotopic (exact) mass is 388 g/mol. The number of hydrogen-bond donors (Lipinski definition) is 1. The number of carboxylic acid groups (broad SMARTS) is 1. The Bertz CT molecular complexity index is 780. The van der Waals surface area contributed by atoms with Crippen LogP contribution in [0.1, 0.15) is 35.5 Å². The van der Waals surface area contributed by atoms with Crippen LogP contribution in [0.25, 0.3) is 0 Å². The third-order valence-electron chi connectivity index (χ3n) is 4.75. The molecule has 1 saturated heterocycles. The number of aliphatic carboxylic acids is 1. The lowest BCUT2D eigenvalue weighted by Crippen LogP contribution is -2.39. The minimum atomic E-state index is -0.761. The molecule has 1 amide bonds. The van der Waals surface area contributed by atoms with Crippen molar-refractivity contribution in [1.82, 2.24) is 9.88 Å². The summed E-state index contributed by atoms with van der Waals surface area (Å²) in [6.07, 6.45) is 1.98. The second kappa shape index (κ2) is 8.99. The first-order valence-corrected chi connectivity index (χ1v) is 10.00. The molecule has 1 aromatic heterocycles. The minimum Gasteiger partial charge on any atom is -0.486 e. The number of hydrogen-bond acceptors (Lipinski definition) is 5. The van der Waals surface area contributed by atoms with Gasteiger partial charge in [-0.15, -0.1) is 11.3 Å². The van der Waals surface area contributed by atoms with Crippen molar-refractivity contribution in [1.29, 1.82) is 0 Å². The summed E-state index contributed by atoms with van der Waals surface area (Å²) < 4.78 is 5.73. The maximum absolute atomic E-state index is 12.5. The average molecular weight is 388 g/mol. The van der Waals surface area contributed by atoms with Crippen molar-refractivity contribution < 1.29 is 19.4 Å². The number of carboxylic acids is 1. The van der Waals surface area contributed by atoms with Gasteiger partial charge in [0, 0.05) is 24.9 Å². The van der Waals surface area contributed by atoms with Gasteiger partial charge in [-0.1, -0.05) is 17.7 Å². The number of rotatable bonds is 7. The summed E-state index contributed by atoms with van der Waals surface area (Å²) in [5, 5.41) is 11.6. The van der Waals surface area contributed by atoms with Crippen molar-refractivity contribution in [3.63, 3.8) is 0 Å². The highest BCUT2D eigenvalue weighted by Crippen LogP contribution is 2.22. The smallest absolute Gasteiger partial charge is 0.303 e. The lowest BCUT2D eigenvalue weighted by molar-refractivity contribution is -0.138. The van der Waals surface area contributed by atoms with Gasteiger partial charge in [-0.05, 0) is 37.8 Å². The van der Waals surface area contributed by atoms with Gasteiger partial charge in [0.05, 0.1) is 12.1 Å². The van der Waals surface area contributed by atoms with Gasteiger partial charge in [0.15, 0.2) is 0 Å². The molecule has 2 heterocycles. The van der Waals surface area contributed by atoms with Gasteiger partial charge in [-0.3, -0.25) is 9.59 Å². The first kappa shape index (κ1) is 19.4. The quantitative estimate of drug-likeness (QED) is 0.787. The molecule has 3 rings (SSSR count). The molecule has 1 fully saturated rings. The van der Waals surface area contributed by atoms with Crippen LogP contribution >= 0.6 is 11.3 Å². The molecule has 0 atom stereocenters. The zero-order chi connectivity index (χ0) is 19.2. The SMILES string of the molecule is Cc1ccc(OCc2nc(CC(=O)N3CCC(CC(=O)O)CC3)cs2)cc1. The molecule has 6 nitrogen and oxygen atoms in total. The van der Waals surface area contributed by atoms with E-state index >= 15 is 0 Å². The van der Waals surface area contributed by atoms with Crippen molar-refractivity contribution in [2.45, 2.75) is 39.2 Å². The van der Waals surface area contributed by atoms with Gasteiger partial charge >= 0.3 is 5.97 Å². The molecule has 0 unspecified atom stereocenters. The molecule has 1 aromatic carbocycles. The summed E-state index contributed by atoms with van der Waals surface area (Å²) >= 11 is 1.50. The fourth-order valence-corrected chi connectivity index (χ4v) is 3.88. The molecule has 0 bridgehead atoms. The molecular formula is C20H24N2O4S. The van der Waals surface area contributed by atoms with E-state index in [1.165, 1.54) is 16.9 Å². The van der Waals surface area contributed by atoms with Crippen molar-refractivity contribution in [2.24, 2.45) is 5.92 Å². The average Bonchev–Trinajstić information content (AvgIpc) is 3.08. The third kappa shape index (κ3) is 5.79. The van der Waals surface area contributed by atoms with E-state index < -0.39 is 5.97 Å². The zero-order valence-corrected chi connectivity index (χ0v) is 16.2. The summed E-state index contributed by atoms with van der Waals surface area (Å²) in [4.78, 5) is 29.6. The second-order valence-corrected chi connectivity index (χ2v) is 7.88. The number of benzene rings is 1. The topological polar surface area (TPSA) is 79.7 Å². The highest BCUT2D eigenvalue weighted by molar-refractivity contribution is 7.09. The van der Waals surface area contributed by atoms with Crippen molar-refractivity contribution in [3.05, 3.63) is 45.9 Å². The molecule has 144 valence electrons. The highest BCUT2D eigenvalue weighted by Gasteiger charge is 2.24. The van der Waals surface area contributed by atoms with Crippen LogP contribution in [-0.2, 0) is 22.6 Å². The Labute approximate surface area is 162 Å². The van der Waals surface area contributed by atoms with E-state index in [2.05, 4.69) is 4.98 Å². The highest BCUT2D eigenvalue weighted by atomic mass is 32.1. The van der Waals surface area contributed by atoms with Crippen LogP contribution in [0.3, 0.4) is 0 Å². The fourth-order valence-electron chi connectivity index (χ4n) is 3.18. The Morgan fingerprint density at radius 3 is 2.63 bits per heavy atom. The van der Waals surface area contributed by atoms with Gasteiger partial charge in [-0.2, -0.15) is 0 Å². The largest absolute Gasteiger partial charge is 0.486 e. The second-order valence-electron chi connectivity index (χ2n) is 6.93. The standard InChI is InChI=1S/C20H24N2O4S/c1-14-2-4-17(5-3-14)26-12-18-21-16(13-27-18)11-19(23)22-8-6-15(7-9-22)10-20(24)25/h2-5,13,15H,6-12H2,1H3,(H,24,25). The molecule has 27 heavy (non-hydrogen) atoms. The Balaban J connectivity index is 1.45. The molecule has 0 radical (unpaired) electrons. The van der Waals surface area contributed by atoms with Crippen molar-refractivity contribution in [3.8, 4) is 5.75 Å². The van der Waals surface area contributed by atoms with Gasteiger partial charge in [0.2, 0.25) is 5.91 Å². The number of thiazole rings is 1. The number of piperidine rings is 1. The predicted octanol–water partition coefficient (Wildman–Crippen LogP) is 3.29. The van der Waals surface area contributed by atoms with E-state index in [0.717, 1.165) is 29.3 Å². The van der Waals surface area contributed by atoms with E-state index in [9.17, 15) is 9.59 Å². The normalized spacial score (nSPS) is 14.9. The molecule has 7 heteroatoms. The number of ether oxygens (including phenoxy) is 1. The number of carbonyl (C=O) groups is 2. The van der Waals surface area contributed by atoms with Crippen LogP contribution in [0.5, 0.6) is 5.75 Å². The molecule has 1 aliphatic heterocycles. The van der Waals surface area contributed by atoms with Gasteiger partial charge in [-0.25, -0.2) is 4.98 Å². The van der Waals surface area contributed by atoms with E-state index in [0.29, 0.717) is 19.7 Å². The maximum Gasteiger partial charge on any atom is 0.303 e. The van der Waals surface area contributed by atoms with Gasteiger partial charge in [0.25, 0.3) is 0 Å². The lowest BCUT2D eigenvalue weighted by atomic mass is 9.93. The molecule has 0 spiro atoms. The number of aromatic nitrogens is 1. The Hall–Kier alpha value is -2.41. The molecule has 2 aromatic rings. The minimum absolute atomic E-state index is 0.0556. The maximum atomic E-state index is 12.5. The lowest BCUT2D eigenvalue weighted by Gasteiger charge is -2.31. The summed E-state index contributed by atoms with van der Waals surface area (Å²) in [5.74, 6) is 0.275. The molecule has 0 aliphatic carbocycles. The number of nitrogens with zero attached hydrogens (tertiary/aromatic N) is 2. The first-order valence-electron chi connectivity index (χ1n) is 9.12. The fraction of sp³-hybridized carbons (Fsp3) is 0.450. The Kier molecular flexibility index (Phi) is 6.45. The third-order valence-corrected chi connectivity index (χ3v) is 5.62. The van der Waals surface area contributed by atoms with Gasteiger partial charge < -0.3 is 14.7 Å².